The van der Waals surface area contributed by atoms with Crippen molar-refractivity contribution in [3.8, 4) is 0 Å². The lowest BCUT2D eigenvalue weighted by Crippen LogP contribution is -2.49. The number of rotatable bonds is 5. The van der Waals surface area contributed by atoms with Crippen molar-refractivity contribution >= 4 is 38.1 Å². The van der Waals surface area contributed by atoms with Gasteiger partial charge in [-0.15, -0.1) is 0 Å². The van der Waals surface area contributed by atoms with Gasteiger partial charge in [0.1, 0.15) is 0 Å². The van der Waals surface area contributed by atoms with Gasteiger partial charge in [0.2, 0.25) is 16.0 Å². The predicted octanol–water partition coefficient (Wildman–Crippen LogP) is 3.03. The Kier molecular flexibility index (Phi) is 5.19. The molecule has 0 aliphatic carbocycles. The lowest BCUT2D eigenvalue weighted by molar-refractivity contribution is 0.381. The Morgan fingerprint density at radius 3 is 2.46 bits per heavy atom. The molecule has 2 aromatic heterocycles. The largest absolute Gasteiger partial charge is 0.417 e. The van der Waals surface area contributed by atoms with Gasteiger partial charge in [0.15, 0.2) is 5.58 Å². The standard InChI is InChI=1S/C25H23N5O4S/c31-25-27-21-11-10-19(16-23(21)34-25)35(32,33)29-14-12-28(13-15-29)24-26-20-8-4-5-9-22(20)30(24)17-18-6-2-1-3-7-18/h1-11,16H,12-15,17H2,(H,27,31). The van der Waals surface area contributed by atoms with Gasteiger partial charge in [-0.05, 0) is 29.8 Å². The molecule has 0 atom stereocenters. The van der Waals surface area contributed by atoms with Gasteiger partial charge in [-0.3, -0.25) is 4.98 Å². The van der Waals surface area contributed by atoms with Gasteiger partial charge in [0.05, 0.1) is 28.0 Å². The van der Waals surface area contributed by atoms with E-state index in [2.05, 4.69) is 32.7 Å². The van der Waals surface area contributed by atoms with Crippen LogP contribution in [0.3, 0.4) is 0 Å². The van der Waals surface area contributed by atoms with Crippen molar-refractivity contribution in [1.29, 1.82) is 0 Å². The van der Waals surface area contributed by atoms with Crippen LogP contribution in [0.4, 0.5) is 5.95 Å². The van der Waals surface area contributed by atoms with Crippen molar-refractivity contribution in [1.82, 2.24) is 18.8 Å². The molecule has 1 N–H and O–H groups in total. The molecule has 0 bridgehead atoms. The summed E-state index contributed by atoms with van der Waals surface area (Å²) in [6.45, 7) is 2.35. The molecule has 1 aliphatic heterocycles. The van der Waals surface area contributed by atoms with E-state index in [1.165, 1.54) is 22.0 Å². The van der Waals surface area contributed by atoms with Crippen LogP contribution in [0.15, 0.2) is 86.9 Å². The van der Waals surface area contributed by atoms with Crippen LogP contribution in [0.25, 0.3) is 22.1 Å². The number of nitrogens with one attached hydrogen (secondary N) is 1. The highest BCUT2D eigenvalue weighted by Crippen LogP contribution is 2.27. The summed E-state index contributed by atoms with van der Waals surface area (Å²) in [5.74, 6) is 0.226. The van der Waals surface area contributed by atoms with Gasteiger partial charge in [-0.2, -0.15) is 4.31 Å². The molecule has 3 aromatic carbocycles. The number of H-pyrrole nitrogens is 1. The maximum Gasteiger partial charge on any atom is 0.417 e. The number of hydrogen-bond acceptors (Lipinski definition) is 6. The number of imidazole rings is 1. The van der Waals surface area contributed by atoms with Crippen molar-refractivity contribution < 1.29 is 12.8 Å². The van der Waals surface area contributed by atoms with Gasteiger partial charge >= 0.3 is 5.76 Å². The van der Waals surface area contributed by atoms with Crippen molar-refractivity contribution in [3.63, 3.8) is 0 Å². The molecular weight excluding hydrogens is 466 g/mol. The minimum atomic E-state index is -3.73. The molecule has 9 nitrogen and oxygen atoms in total. The van der Waals surface area contributed by atoms with E-state index < -0.39 is 15.8 Å². The van der Waals surface area contributed by atoms with Crippen molar-refractivity contribution in [2.45, 2.75) is 11.4 Å². The normalized spacial score (nSPS) is 15.3. The number of hydrogen-bond donors (Lipinski definition) is 1. The summed E-state index contributed by atoms with van der Waals surface area (Å²) in [5.41, 5.74) is 3.82. The number of anilines is 1. The summed E-state index contributed by atoms with van der Waals surface area (Å²) in [7, 11) is -3.73. The Labute approximate surface area is 201 Å². The zero-order valence-corrected chi connectivity index (χ0v) is 19.6. The van der Waals surface area contributed by atoms with Crippen LogP contribution in [0, 0.1) is 0 Å². The number of aromatic amines is 1. The van der Waals surface area contributed by atoms with Crippen LogP contribution in [0.5, 0.6) is 0 Å². The smallest absolute Gasteiger partial charge is 0.408 e. The Balaban J connectivity index is 1.26. The number of aromatic nitrogens is 3. The summed E-state index contributed by atoms with van der Waals surface area (Å²) in [4.78, 5) is 21.1. The molecule has 0 saturated carbocycles. The first-order valence-corrected chi connectivity index (χ1v) is 12.8. The summed E-state index contributed by atoms with van der Waals surface area (Å²) >= 11 is 0. The predicted molar refractivity (Wildman–Crippen MR) is 133 cm³/mol. The molecule has 3 heterocycles. The average Bonchev–Trinajstić information content (AvgIpc) is 3.44. The lowest BCUT2D eigenvalue weighted by atomic mass is 10.2. The zero-order chi connectivity index (χ0) is 24.0. The molecule has 0 radical (unpaired) electrons. The number of para-hydroxylation sites is 2. The molecule has 1 saturated heterocycles. The highest BCUT2D eigenvalue weighted by Gasteiger charge is 2.30. The third-order valence-electron chi connectivity index (χ3n) is 6.37. The van der Waals surface area contributed by atoms with Crippen molar-refractivity contribution in [2.75, 3.05) is 31.1 Å². The molecule has 1 fully saturated rings. The maximum atomic E-state index is 13.3. The van der Waals surface area contributed by atoms with E-state index in [9.17, 15) is 13.2 Å². The molecule has 0 amide bonds. The van der Waals surface area contributed by atoms with E-state index in [1.807, 2.05) is 36.4 Å². The summed E-state index contributed by atoms with van der Waals surface area (Å²) < 4.78 is 35.3. The van der Waals surface area contributed by atoms with Crippen LogP contribution in [0.2, 0.25) is 0 Å². The fourth-order valence-corrected chi connectivity index (χ4v) is 6.03. The van der Waals surface area contributed by atoms with E-state index in [4.69, 9.17) is 9.40 Å². The number of oxazole rings is 1. The summed E-state index contributed by atoms with van der Waals surface area (Å²) in [5, 5.41) is 0. The molecule has 0 unspecified atom stereocenters. The fourth-order valence-electron chi connectivity index (χ4n) is 4.59. The van der Waals surface area contributed by atoms with Gasteiger partial charge in [-0.25, -0.2) is 18.2 Å². The van der Waals surface area contributed by atoms with Crippen molar-refractivity contribution in [3.05, 3.63) is 88.9 Å². The number of fused-ring (bicyclic) bond motifs is 2. The maximum absolute atomic E-state index is 13.3. The number of piperazine rings is 1. The van der Waals surface area contributed by atoms with Gasteiger partial charge in [0.25, 0.3) is 0 Å². The van der Waals surface area contributed by atoms with Crippen LogP contribution in [-0.4, -0.2) is 53.4 Å². The minimum Gasteiger partial charge on any atom is -0.408 e. The van der Waals surface area contributed by atoms with Crippen LogP contribution >= 0.6 is 0 Å². The van der Waals surface area contributed by atoms with E-state index in [0.29, 0.717) is 38.2 Å². The third kappa shape index (κ3) is 3.90. The van der Waals surface area contributed by atoms with Crippen LogP contribution < -0.4 is 10.7 Å². The minimum absolute atomic E-state index is 0.109. The molecule has 10 heteroatoms. The topological polar surface area (TPSA) is 104 Å². The lowest BCUT2D eigenvalue weighted by Gasteiger charge is -2.34. The molecule has 0 spiro atoms. The average molecular weight is 490 g/mol. The van der Waals surface area contributed by atoms with E-state index in [0.717, 1.165) is 17.0 Å². The molecular formula is C25H23N5O4S. The number of sulfonamides is 1. The SMILES string of the molecule is O=c1[nH]c2ccc(S(=O)(=O)N3CCN(c4nc5ccccc5n4Cc4ccccc4)CC3)cc2o1. The van der Waals surface area contributed by atoms with Crippen LogP contribution in [0.1, 0.15) is 5.56 Å². The second-order valence-corrected chi connectivity index (χ2v) is 10.5. The third-order valence-corrected chi connectivity index (χ3v) is 8.26. The van der Waals surface area contributed by atoms with Gasteiger partial charge in [0, 0.05) is 32.2 Å². The molecule has 5 aromatic rings. The second kappa shape index (κ2) is 8.40. The highest BCUT2D eigenvalue weighted by atomic mass is 32.2. The van der Waals surface area contributed by atoms with E-state index in [-0.39, 0.29) is 10.5 Å². The van der Waals surface area contributed by atoms with E-state index >= 15 is 0 Å². The first kappa shape index (κ1) is 21.6. The van der Waals surface area contributed by atoms with Gasteiger partial charge < -0.3 is 13.9 Å². The molecule has 178 valence electrons. The highest BCUT2D eigenvalue weighted by molar-refractivity contribution is 7.89. The molecule has 35 heavy (non-hydrogen) atoms. The Morgan fingerprint density at radius 2 is 1.66 bits per heavy atom. The Hall–Kier alpha value is -3.89. The zero-order valence-electron chi connectivity index (χ0n) is 18.8. The Bertz CT molecular complexity index is 1680. The second-order valence-electron chi connectivity index (χ2n) is 8.54. The number of nitrogens with zero attached hydrogens (tertiary/aromatic N) is 4. The van der Waals surface area contributed by atoms with Crippen molar-refractivity contribution in [2.24, 2.45) is 0 Å². The first-order valence-electron chi connectivity index (χ1n) is 11.4. The Morgan fingerprint density at radius 1 is 0.914 bits per heavy atom. The number of benzene rings is 3. The summed E-state index contributed by atoms with van der Waals surface area (Å²) in [6, 6.07) is 22.7. The van der Waals surface area contributed by atoms with Crippen LogP contribution in [-0.2, 0) is 16.6 Å². The quantitative estimate of drug-likeness (QED) is 0.407. The molecule has 6 rings (SSSR count). The monoisotopic (exact) mass is 489 g/mol. The summed E-state index contributed by atoms with van der Waals surface area (Å²) in [6.07, 6.45) is 0. The van der Waals surface area contributed by atoms with Gasteiger partial charge in [-0.1, -0.05) is 42.5 Å². The first-order chi connectivity index (χ1) is 17.0. The fraction of sp³-hybridized carbons (Fsp3) is 0.200. The molecule has 1 aliphatic rings. The van der Waals surface area contributed by atoms with E-state index in [1.54, 1.807) is 6.07 Å².